The van der Waals surface area contributed by atoms with E-state index in [4.69, 9.17) is 4.74 Å². The van der Waals surface area contributed by atoms with Crippen molar-refractivity contribution < 1.29 is 14.3 Å². The molecule has 1 N–H and O–H groups in total. The Balaban J connectivity index is 2.82. The second-order valence-corrected chi connectivity index (χ2v) is 6.47. The van der Waals surface area contributed by atoms with Gasteiger partial charge in [-0.05, 0) is 39.7 Å². The van der Waals surface area contributed by atoms with Gasteiger partial charge in [0.15, 0.2) is 0 Å². The number of carbonyl (C=O) groups excluding carboxylic acids is 2. The van der Waals surface area contributed by atoms with Crippen LogP contribution in [-0.4, -0.2) is 22.5 Å². The van der Waals surface area contributed by atoms with E-state index in [-0.39, 0.29) is 12.2 Å². The van der Waals surface area contributed by atoms with E-state index in [1.54, 1.807) is 27.0 Å². The molecule has 122 valence electrons. The number of rotatable bonds is 6. The molecule has 0 aliphatic heterocycles. The van der Waals surface area contributed by atoms with Crippen LogP contribution in [0.3, 0.4) is 0 Å². The highest BCUT2D eigenvalue weighted by Crippen LogP contribution is 2.17. The Morgan fingerprint density at radius 3 is 2.59 bits per heavy atom. The molecule has 1 amide bonds. The molecule has 0 fully saturated rings. The van der Waals surface area contributed by atoms with Crippen molar-refractivity contribution in [2.45, 2.75) is 65.9 Å². The van der Waals surface area contributed by atoms with Crippen molar-refractivity contribution in [1.29, 1.82) is 0 Å². The zero-order valence-corrected chi connectivity index (χ0v) is 14.2. The van der Waals surface area contributed by atoms with Gasteiger partial charge in [-0.25, -0.2) is 9.78 Å². The number of ether oxygens (including phenoxy) is 1. The quantitative estimate of drug-likeness (QED) is 0.861. The highest BCUT2D eigenvalue weighted by Gasteiger charge is 2.18. The smallest absolute Gasteiger partial charge is 0.413 e. The fourth-order valence-electron chi connectivity index (χ4n) is 1.95. The number of pyridine rings is 1. The Labute approximate surface area is 132 Å². The summed E-state index contributed by atoms with van der Waals surface area (Å²) in [6.07, 6.45) is 3.79. The first-order valence-electron chi connectivity index (χ1n) is 7.68. The molecule has 5 nitrogen and oxygen atoms in total. The third-order valence-electron chi connectivity index (χ3n) is 2.92. The van der Waals surface area contributed by atoms with Crippen molar-refractivity contribution in [2.24, 2.45) is 0 Å². The largest absolute Gasteiger partial charge is 0.444 e. The molecule has 22 heavy (non-hydrogen) atoms. The lowest BCUT2D eigenvalue weighted by molar-refractivity contribution is -0.118. The lowest BCUT2D eigenvalue weighted by atomic mass is 10.0. The highest BCUT2D eigenvalue weighted by atomic mass is 16.6. The van der Waals surface area contributed by atoms with E-state index in [2.05, 4.69) is 17.2 Å². The standard InChI is InChI=1S/C17H26N2O3/c1-6-7-8-14(20)10-13-9-12(2)11-18-15(13)19-16(21)22-17(3,4)5/h9,11H,6-8,10H2,1-5H3,(H,18,19,21). The number of ketones is 1. The number of hydrogen-bond acceptors (Lipinski definition) is 4. The zero-order chi connectivity index (χ0) is 16.8. The van der Waals surface area contributed by atoms with E-state index in [1.807, 2.05) is 13.0 Å². The molecule has 0 aliphatic carbocycles. The Morgan fingerprint density at radius 1 is 1.32 bits per heavy atom. The van der Waals surface area contributed by atoms with Crippen LogP contribution in [0.15, 0.2) is 12.3 Å². The summed E-state index contributed by atoms with van der Waals surface area (Å²) in [4.78, 5) is 28.1. The fraction of sp³-hybridized carbons (Fsp3) is 0.588. The molecule has 0 aromatic carbocycles. The van der Waals surface area contributed by atoms with Crippen LogP contribution >= 0.6 is 0 Å². The summed E-state index contributed by atoms with van der Waals surface area (Å²) in [6.45, 7) is 9.35. The molecule has 0 bridgehead atoms. The molecule has 1 heterocycles. The van der Waals surface area contributed by atoms with E-state index in [0.717, 1.165) is 24.0 Å². The molecule has 0 spiro atoms. The summed E-state index contributed by atoms with van der Waals surface area (Å²) < 4.78 is 5.22. The van der Waals surface area contributed by atoms with Gasteiger partial charge < -0.3 is 4.74 Å². The second kappa shape index (κ2) is 7.92. The summed E-state index contributed by atoms with van der Waals surface area (Å²) in [5.41, 5.74) is 1.10. The number of aryl methyl sites for hydroxylation is 1. The van der Waals surface area contributed by atoms with Crippen LogP contribution in [0.5, 0.6) is 0 Å². The fourth-order valence-corrected chi connectivity index (χ4v) is 1.95. The maximum Gasteiger partial charge on any atom is 0.413 e. The van der Waals surface area contributed by atoms with Gasteiger partial charge in [-0.15, -0.1) is 0 Å². The molecule has 0 saturated heterocycles. The summed E-state index contributed by atoms with van der Waals surface area (Å²) >= 11 is 0. The average molecular weight is 306 g/mol. The number of unbranched alkanes of at least 4 members (excludes halogenated alkanes) is 1. The van der Waals surface area contributed by atoms with Gasteiger partial charge in [-0.1, -0.05) is 19.4 Å². The van der Waals surface area contributed by atoms with Gasteiger partial charge in [0.2, 0.25) is 0 Å². The van der Waals surface area contributed by atoms with Gasteiger partial charge in [-0.3, -0.25) is 10.1 Å². The normalized spacial score (nSPS) is 11.1. The summed E-state index contributed by atoms with van der Waals surface area (Å²) in [5.74, 6) is 0.547. The Hall–Kier alpha value is -1.91. The van der Waals surface area contributed by atoms with E-state index in [1.165, 1.54) is 0 Å². The second-order valence-electron chi connectivity index (χ2n) is 6.47. The highest BCUT2D eigenvalue weighted by molar-refractivity contribution is 5.87. The minimum Gasteiger partial charge on any atom is -0.444 e. The maximum absolute atomic E-state index is 12.0. The van der Waals surface area contributed by atoms with Crippen LogP contribution in [0.2, 0.25) is 0 Å². The van der Waals surface area contributed by atoms with Crippen LogP contribution in [0.1, 0.15) is 58.1 Å². The number of anilines is 1. The molecule has 1 aromatic rings. The van der Waals surface area contributed by atoms with Crippen LogP contribution in [0.25, 0.3) is 0 Å². The van der Waals surface area contributed by atoms with Crippen LogP contribution in [0.4, 0.5) is 10.6 Å². The molecule has 1 rings (SSSR count). The van der Waals surface area contributed by atoms with Crippen molar-refractivity contribution in [2.75, 3.05) is 5.32 Å². The molecule has 1 aromatic heterocycles. The minimum atomic E-state index is -0.577. The average Bonchev–Trinajstić information content (AvgIpc) is 2.37. The predicted octanol–water partition coefficient (Wildman–Crippen LogP) is 4.04. The van der Waals surface area contributed by atoms with Crippen LogP contribution in [0, 0.1) is 6.92 Å². The van der Waals surface area contributed by atoms with Gasteiger partial charge in [-0.2, -0.15) is 0 Å². The van der Waals surface area contributed by atoms with Crippen molar-refractivity contribution in [3.63, 3.8) is 0 Å². The predicted molar refractivity (Wildman–Crippen MR) is 87.1 cm³/mol. The monoisotopic (exact) mass is 306 g/mol. The molecule has 0 radical (unpaired) electrons. The van der Waals surface area contributed by atoms with Crippen molar-refractivity contribution in [1.82, 2.24) is 4.98 Å². The van der Waals surface area contributed by atoms with Gasteiger partial charge >= 0.3 is 6.09 Å². The Morgan fingerprint density at radius 2 is 2.00 bits per heavy atom. The molecular formula is C17H26N2O3. The van der Waals surface area contributed by atoms with Crippen molar-refractivity contribution >= 4 is 17.7 Å². The third kappa shape index (κ3) is 6.70. The molecule has 0 saturated carbocycles. The number of carbonyl (C=O) groups is 2. The summed E-state index contributed by atoms with van der Waals surface area (Å²) in [5, 5.41) is 2.63. The van der Waals surface area contributed by atoms with Gasteiger partial charge in [0.1, 0.15) is 17.2 Å². The van der Waals surface area contributed by atoms with Gasteiger partial charge in [0.25, 0.3) is 0 Å². The van der Waals surface area contributed by atoms with Gasteiger partial charge in [0.05, 0.1) is 0 Å². The van der Waals surface area contributed by atoms with Crippen LogP contribution in [-0.2, 0) is 16.0 Å². The molecule has 0 atom stereocenters. The summed E-state index contributed by atoms with van der Waals surface area (Å²) in [7, 11) is 0. The molecule has 0 aliphatic rings. The first-order valence-corrected chi connectivity index (χ1v) is 7.68. The van der Waals surface area contributed by atoms with E-state index in [0.29, 0.717) is 12.2 Å². The maximum atomic E-state index is 12.0. The van der Waals surface area contributed by atoms with Crippen LogP contribution < -0.4 is 5.32 Å². The number of Topliss-reactive ketones (excluding diaryl/α,β-unsaturated/α-hetero) is 1. The number of aromatic nitrogens is 1. The SMILES string of the molecule is CCCCC(=O)Cc1cc(C)cnc1NC(=O)OC(C)(C)C. The minimum absolute atomic E-state index is 0.154. The number of nitrogens with zero attached hydrogens (tertiary/aromatic N) is 1. The Kier molecular flexibility index (Phi) is 6.53. The van der Waals surface area contributed by atoms with Crippen molar-refractivity contribution in [3.05, 3.63) is 23.4 Å². The topological polar surface area (TPSA) is 68.3 Å². The van der Waals surface area contributed by atoms with E-state index in [9.17, 15) is 9.59 Å². The summed E-state index contributed by atoms with van der Waals surface area (Å²) in [6, 6.07) is 1.88. The third-order valence-corrected chi connectivity index (χ3v) is 2.92. The van der Waals surface area contributed by atoms with Crippen molar-refractivity contribution in [3.8, 4) is 0 Å². The Bertz CT molecular complexity index is 533. The molecular weight excluding hydrogens is 280 g/mol. The number of amides is 1. The lowest BCUT2D eigenvalue weighted by Crippen LogP contribution is -2.28. The van der Waals surface area contributed by atoms with E-state index >= 15 is 0 Å². The molecule has 5 heteroatoms. The number of nitrogens with one attached hydrogen (secondary N) is 1. The first kappa shape index (κ1) is 18.1. The van der Waals surface area contributed by atoms with E-state index < -0.39 is 11.7 Å². The zero-order valence-electron chi connectivity index (χ0n) is 14.2. The number of hydrogen-bond donors (Lipinski definition) is 1. The van der Waals surface area contributed by atoms with Gasteiger partial charge in [0, 0.05) is 24.6 Å². The molecule has 0 unspecified atom stereocenters. The lowest BCUT2D eigenvalue weighted by Gasteiger charge is -2.20. The first-order chi connectivity index (χ1) is 10.2.